The van der Waals surface area contributed by atoms with Crippen molar-refractivity contribution in [1.29, 1.82) is 0 Å². The standard InChI is InChI=1S/C15H31N3/c1-15(2)9-6-7-13(14(15)16-3)18-10-8-12(11-18)17(4)5/h12-14,16H,6-11H2,1-5H3. The molecular formula is C15H31N3. The van der Waals surface area contributed by atoms with Crippen molar-refractivity contribution < 1.29 is 0 Å². The number of nitrogens with one attached hydrogen (secondary N) is 1. The molecule has 106 valence electrons. The van der Waals surface area contributed by atoms with Crippen molar-refractivity contribution in [1.82, 2.24) is 15.1 Å². The van der Waals surface area contributed by atoms with Gasteiger partial charge in [0.05, 0.1) is 0 Å². The summed E-state index contributed by atoms with van der Waals surface area (Å²) in [5.41, 5.74) is 0.438. The van der Waals surface area contributed by atoms with Crippen LogP contribution in [0.25, 0.3) is 0 Å². The van der Waals surface area contributed by atoms with E-state index in [1.165, 1.54) is 38.8 Å². The maximum absolute atomic E-state index is 3.61. The number of likely N-dealkylation sites (N-methyl/N-ethyl adjacent to an activating group) is 2. The third kappa shape index (κ3) is 2.73. The van der Waals surface area contributed by atoms with Crippen molar-refractivity contribution in [2.24, 2.45) is 5.41 Å². The molecule has 1 N–H and O–H groups in total. The Morgan fingerprint density at radius 2 is 1.94 bits per heavy atom. The molecule has 0 aromatic carbocycles. The van der Waals surface area contributed by atoms with Crippen molar-refractivity contribution in [3.05, 3.63) is 0 Å². The highest BCUT2D eigenvalue weighted by Crippen LogP contribution is 2.38. The molecule has 3 unspecified atom stereocenters. The zero-order chi connectivity index (χ0) is 13.3. The Kier molecular flexibility index (Phi) is 4.35. The van der Waals surface area contributed by atoms with Crippen LogP contribution in [0.15, 0.2) is 0 Å². The van der Waals surface area contributed by atoms with Crippen LogP contribution in [-0.2, 0) is 0 Å². The highest BCUT2D eigenvalue weighted by Gasteiger charge is 2.42. The van der Waals surface area contributed by atoms with E-state index in [1.807, 2.05) is 0 Å². The molecule has 0 aromatic rings. The first-order valence-corrected chi connectivity index (χ1v) is 7.53. The zero-order valence-corrected chi connectivity index (χ0v) is 12.9. The average molecular weight is 253 g/mol. The van der Waals surface area contributed by atoms with Gasteiger partial charge in [-0.2, -0.15) is 0 Å². The van der Waals surface area contributed by atoms with Crippen LogP contribution in [-0.4, -0.2) is 62.2 Å². The summed E-state index contributed by atoms with van der Waals surface area (Å²) in [6.45, 7) is 7.40. The van der Waals surface area contributed by atoms with Gasteiger partial charge in [0.1, 0.15) is 0 Å². The van der Waals surface area contributed by atoms with Crippen LogP contribution < -0.4 is 5.32 Å². The molecule has 0 amide bonds. The van der Waals surface area contributed by atoms with E-state index < -0.39 is 0 Å². The molecule has 0 spiro atoms. The second-order valence-corrected chi connectivity index (χ2v) is 7.12. The number of rotatable bonds is 3. The van der Waals surface area contributed by atoms with Gasteiger partial charge in [-0.05, 0) is 45.8 Å². The molecule has 2 rings (SSSR count). The SMILES string of the molecule is CNC1C(N2CCC(N(C)C)C2)CCCC1(C)C. The largest absolute Gasteiger partial charge is 0.315 e. The third-order valence-electron chi connectivity index (χ3n) is 5.25. The summed E-state index contributed by atoms with van der Waals surface area (Å²) in [6.07, 6.45) is 5.45. The third-order valence-corrected chi connectivity index (χ3v) is 5.25. The Bertz CT molecular complexity index is 275. The molecule has 0 radical (unpaired) electrons. The number of nitrogens with zero attached hydrogens (tertiary/aromatic N) is 2. The summed E-state index contributed by atoms with van der Waals surface area (Å²) >= 11 is 0. The molecule has 2 aliphatic rings. The van der Waals surface area contributed by atoms with Gasteiger partial charge >= 0.3 is 0 Å². The maximum Gasteiger partial charge on any atom is 0.0271 e. The fourth-order valence-electron chi connectivity index (χ4n) is 4.08. The number of hydrogen-bond acceptors (Lipinski definition) is 3. The summed E-state index contributed by atoms with van der Waals surface area (Å²) in [4.78, 5) is 5.13. The van der Waals surface area contributed by atoms with Gasteiger partial charge in [0.15, 0.2) is 0 Å². The quantitative estimate of drug-likeness (QED) is 0.827. The van der Waals surface area contributed by atoms with Gasteiger partial charge in [0, 0.05) is 31.2 Å². The maximum atomic E-state index is 3.61. The number of likely N-dealkylation sites (tertiary alicyclic amines) is 1. The van der Waals surface area contributed by atoms with E-state index in [0.717, 1.165) is 12.1 Å². The molecule has 3 heteroatoms. The van der Waals surface area contributed by atoms with Crippen LogP contribution in [0.3, 0.4) is 0 Å². The molecule has 0 bridgehead atoms. The van der Waals surface area contributed by atoms with Crippen molar-refractivity contribution >= 4 is 0 Å². The first-order chi connectivity index (χ1) is 8.45. The Morgan fingerprint density at radius 3 is 2.50 bits per heavy atom. The summed E-state index contributed by atoms with van der Waals surface area (Å²) in [6, 6.07) is 2.14. The first-order valence-electron chi connectivity index (χ1n) is 7.53. The van der Waals surface area contributed by atoms with Crippen LogP contribution in [0.1, 0.15) is 39.5 Å². The molecule has 3 atom stereocenters. The van der Waals surface area contributed by atoms with Gasteiger partial charge in [0.25, 0.3) is 0 Å². The van der Waals surface area contributed by atoms with E-state index in [4.69, 9.17) is 0 Å². The van der Waals surface area contributed by atoms with Crippen LogP contribution in [0, 0.1) is 5.41 Å². The van der Waals surface area contributed by atoms with Crippen LogP contribution >= 0.6 is 0 Å². The fourth-order valence-corrected chi connectivity index (χ4v) is 4.08. The molecule has 1 saturated carbocycles. The highest BCUT2D eigenvalue weighted by molar-refractivity contribution is 4.99. The predicted octanol–water partition coefficient (Wildman–Crippen LogP) is 1.79. The Balaban J connectivity index is 2.03. The lowest BCUT2D eigenvalue weighted by Gasteiger charge is -2.47. The van der Waals surface area contributed by atoms with Gasteiger partial charge in [0.2, 0.25) is 0 Å². The molecule has 1 heterocycles. The normalized spacial score (nSPS) is 37.3. The molecule has 18 heavy (non-hydrogen) atoms. The second-order valence-electron chi connectivity index (χ2n) is 7.12. The lowest BCUT2D eigenvalue weighted by Crippen LogP contribution is -2.57. The molecule has 3 nitrogen and oxygen atoms in total. The van der Waals surface area contributed by atoms with Gasteiger partial charge in [-0.3, -0.25) is 4.90 Å². The zero-order valence-electron chi connectivity index (χ0n) is 12.9. The number of hydrogen-bond donors (Lipinski definition) is 1. The summed E-state index contributed by atoms with van der Waals surface area (Å²) in [5.74, 6) is 0. The van der Waals surface area contributed by atoms with Gasteiger partial charge in [-0.1, -0.05) is 20.3 Å². The van der Waals surface area contributed by atoms with Gasteiger partial charge < -0.3 is 10.2 Å². The summed E-state index contributed by atoms with van der Waals surface area (Å²) in [5, 5.41) is 3.61. The first kappa shape index (κ1) is 14.3. The van der Waals surface area contributed by atoms with Crippen molar-refractivity contribution in [2.75, 3.05) is 34.2 Å². The molecule has 1 aliphatic heterocycles. The highest BCUT2D eigenvalue weighted by atomic mass is 15.3. The minimum absolute atomic E-state index is 0.438. The van der Waals surface area contributed by atoms with E-state index in [1.54, 1.807) is 0 Å². The average Bonchev–Trinajstić information content (AvgIpc) is 2.76. The molecule has 0 aromatic heterocycles. The second kappa shape index (κ2) is 5.48. The predicted molar refractivity (Wildman–Crippen MR) is 77.9 cm³/mol. The summed E-state index contributed by atoms with van der Waals surface area (Å²) in [7, 11) is 6.58. The molecule has 1 saturated heterocycles. The minimum Gasteiger partial charge on any atom is -0.315 e. The Labute approximate surface area is 113 Å². The lowest BCUT2D eigenvalue weighted by molar-refractivity contribution is 0.0625. The molecule has 2 fully saturated rings. The molecular weight excluding hydrogens is 222 g/mol. The van der Waals surface area contributed by atoms with Crippen molar-refractivity contribution in [3.63, 3.8) is 0 Å². The van der Waals surface area contributed by atoms with E-state index in [2.05, 4.69) is 50.1 Å². The van der Waals surface area contributed by atoms with E-state index >= 15 is 0 Å². The van der Waals surface area contributed by atoms with Crippen LogP contribution in [0.2, 0.25) is 0 Å². The topological polar surface area (TPSA) is 18.5 Å². The monoisotopic (exact) mass is 253 g/mol. The minimum atomic E-state index is 0.438. The summed E-state index contributed by atoms with van der Waals surface area (Å²) < 4.78 is 0. The Hall–Kier alpha value is -0.120. The van der Waals surface area contributed by atoms with E-state index in [9.17, 15) is 0 Å². The van der Waals surface area contributed by atoms with Gasteiger partial charge in [-0.15, -0.1) is 0 Å². The van der Waals surface area contributed by atoms with Crippen LogP contribution in [0.5, 0.6) is 0 Å². The van der Waals surface area contributed by atoms with Crippen molar-refractivity contribution in [3.8, 4) is 0 Å². The molecule has 1 aliphatic carbocycles. The van der Waals surface area contributed by atoms with Crippen molar-refractivity contribution in [2.45, 2.75) is 57.7 Å². The van der Waals surface area contributed by atoms with Gasteiger partial charge in [-0.25, -0.2) is 0 Å². The lowest BCUT2D eigenvalue weighted by atomic mass is 9.70. The van der Waals surface area contributed by atoms with Crippen LogP contribution in [0.4, 0.5) is 0 Å². The smallest absolute Gasteiger partial charge is 0.0271 e. The fraction of sp³-hybridized carbons (Fsp3) is 1.00. The van der Waals surface area contributed by atoms with E-state index in [0.29, 0.717) is 11.5 Å². The Morgan fingerprint density at radius 1 is 1.22 bits per heavy atom. The van der Waals surface area contributed by atoms with E-state index in [-0.39, 0.29) is 0 Å².